The SMILES string of the molecule is CCC1=CC(=O)CCC1(C)C1CCC2(C)C(O)CCC2C1C. The summed E-state index contributed by atoms with van der Waals surface area (Å²) < 4.78 is 0. The Hall–Kier alpha value is -0.630. The van der Waals surface area contributed by atoms with E-state index >= 15 is 0 Å². The zero-order valence-electron chi connectivity index (χ0n) is 14.7. The van der Waals surface area contributed by atoms with Crippen LogP contribution in [0.5, 0.6) is 0 Å². The average Bonchev–Trinajstić information content (AvgIpc) is 2.78. The lowest BCUT2D eigenvalue weighted by molar-refractivity contribution is -0.116. The fraction of sp³-hybridized carbons (Fsp3) is 0.850. The predicted octanol–water partition coefficient (Wildman–Crippen LogP) is 4.52. The summed E-state index contributed by atoms with van der Waals surface area (Å²) in [6, 6.07) is 0. The molecule has 0 spiro atoms. The Bertz CT molecular complexity index is 494. The van der Waals surface area contributed by atoms with Gasteiger partial charge < -0.3 is 5.11 Å². The minimum Gasteiger partial charge on any atom is -0.393 e. The highest BCUT2D eigenvalue weighted by atomic mass is 16.3. The zero-order chi connectivity index (χ0) is 16.1. The van der Waals surface area contributed by atoms with Gasteiger partial charge in [0.05, 0.1) is 6.10 Å². The molecule has 22 heavy (non-hydrogen) atoms. The molecule has 3 aliphatic carbocycles. The number of hydrogen-bond acceptors (Lipinski definition) is 2. The van der Waals surface area contributed by atoms with Crippen molar-refractivity contribution in [3.05, 3.63) is 11.6 Å². The highest BCUT2D eigenvalue weighted by Gasteiger charge is 2.55. The van der Waals surface area contributed by atoms with Crippen LogP contribution in [0.3, 0.4) is 0 Å². The lowest BCUT2D eigenvalue weighted by Crippen LogP contribution is -2.48. The Balaban J connectivity index is 1.90. The summed E-state index contributed by atoms with van der Waals surface area (Å²) in [7, 11) is 0. The van der Waals surface area contributed by atoms with E-state index in [0.29, 0.717) is 30.0 Å². The van der Waals surface area contributed by atoms with Gasteiger partial charge in [0, 0.05) is 6.42 Å². The van der Waals surface area contributed by atoms with Gasteiger partial charge in [-0.25, -0.2) is 0 Å². The van der Waals surface area contributed by atoms with E-state index in [0.717, 1.165) is 25.7 Å². The maximum absolute atomic E-state index is 11.9. The summed E-state index contributed by atoms with van der Waals surface area (Å²) in [6.45, 7) is 9.33. The normalized spacial score (nSPS) is 49.0. The van der Waals surface area contributed by atoms with Gasteiger partial charge in [0.25, 0.3) is 0 Å². The smallest absolute Gasteiger partial charge is 0.155 e. The molecular weight excluding hydrogens is 272 g/mol. The van der Waals surface area contributed by atoms with Gasteiger partial charge in [0.15, 0.2) is 5.78 Å². The van der Waals surface area contributed by atoms with Gasteiger partial charge in [-0.1, -0.05) is 33.3 Å². The van der Waals surface area contributed by atoms with E-state index in [1.54, 1.807) is 0 Å². The number of hydrogen-bond donors (Lipinski definition) is 1. The third-order valence-electron chi connectivity index (χ3n) is 7.78. The van der Waals surface area contributed by atoms with Crippen molar-refractivity contribution in [2.75, 3.05) is 0 Å². The van der Waals surface area contributed by atoms with Crippen molar-refractivity contribution in [1.82, 2.24) is 0 Å². The third kappa shape index (κ3) is 2.21. The van der Waals surface area contributed by atoms with Crippen LogP contribution < -0.4 is 0 Å². The summed E-state index contributed by atoms with van der Waals surface area (Å²) >= 11 is 0. The van der Waals surface area contributed by atoms with E-state index in [9.17, 15) is 9.90 Å². The quantitative estimate of drug-likeness (QED) is 0.814. The molecule has 3 rings (SSSR count). The minimum absolute atomic E-state index is 0.108. The molecule has 2 nitrogen and oxygen atoms in total. The standard InChI is InChI=1S/C20H32O2/c1-5-14-12-15(21)8-10-19(14,3)17-9-11-20(4)16(13(17)2)6-7-18(20)22/h12-13,16-18,22H,5-11H2,1-4H3. The first-order chi connectivity index (χ1) is 10.3. The van der Waals surface area contributed by atoms with Crippen LogP contribution in [0.15, 0.2) is 11.6 Å². The van der Waals surface area contributed by atoms with Crippen molar-refractivity contribution in [3.63, 3.8) is 0 Å². The number of aliphatic hydroxyl groups excluding tert-OH is 1. The Labute approximate surface area is 135 Å². The van der Waals surface area contributed by atoms with Gasteiger partial charge in [-0.3, -0.25) is 4.79 Å². The van der Waals surface area contributed by atoms with Crippen LogP contribution in [-0.2, 0) is 4.79 Å². The molecule has 124 valence electrons. The predicted molar refractivity (Wildman–Crippen MR) is 89.4 cm³/mol. The topological polar surface area (TPSA) is 37.3 Å². The largest absolute Gasteiger partial charge is 0.393 e. The fourth-order valence-electron chi connectivity index (χ4n) is 6.27. The minimum atomic E-state index is -0.108. The second-order valence-electron chi connectivity index (χ2n) is 8.62. The van der Waals surface area contributed by atoms with Gasteiger partial charge in [-0.05, 0) is 73.2 Å². The van der Waals surface area contributed by atoms with E-state index < -0.39 is 0 Å². The van der Waals surface area contributed by atoms with Crippen molar-refractivity contribution in [1.29, 1.82) is 0 Å². The van der Waals surface area contributed by atoms with Crippen molar-refractivity contribution in [2.24, 2.45) is 28.6 Å². The molecular formula is C20H32O2. The Morgan fingerprint density at radius 2 is 1.91 bits per heavy atom. The molecule has 0 bridgehead atoms. The van der Waals surface area contributed by atoms with Gasteiger partial charge in [0.2, 0.25) is 0 Å². The van der Waals surface area contributed by atoms with Crippen molar-refractivity contribution < 1.29 is 9.90 Å². The number of fused-ring (bicyclic) bond motifs is 1. The number of allylic oxidation sites excluding steroid dienone is 2. The lowest BCUT2D eigenvalue weighted by Gasteiger charge is -2.53. The van der Waals surface area contributed by atoms with Crippen LogP contribution in [0.1, 0.15) is 72.6 Å². The molecule has 6 unspecified atom stereocenters. The molecule has 0 saturated heterocycles. The molecule has 0 aromatic carbocycles. The molecule has 2 saturated carbocycles. The number of carbonyl (C=O) groups excluding carboxylic acids is 1. The van der Waals surface area contributed by atoms with Crippen LogP contribution in [0.2, 0.25) is 0 Å². The summed E-state index contributed by atoms with van der Waals surface area (Å²) in [5.41, 5.74) is 1.70. The number of rotatable bonds is 2. The van der Waals surface area contributed by atoms with E-state index in [1.165, 1.54) is 18.4 Å². The number of ketones is 1. The Morgan fingerprint density at radius 1 is 1.18 bits per heavy atom. The fourth-order valence-corrected chi connectivity index (χ4v) is 6.27. The van der Waals surface area contributed by atoms with E-state index in [-0.39, 0.29) is 16.9 Å². The molecule has 3 aliphatic rings. The lowest BCUT2D eigenvalue weighted by atomic mass is 9.51. The second-order valence-corrected chi connectivity index (χ2v) is 8.62. The molecule has 2 heteroatoms. The highest BCUT2D eigenvalue weighted by molar-refractivity contribution is 5.91. The van der Waals surface area contributed by atoms with Crippen LogP contribution in [0, 0.1) is 28.6 Å². The zero-order valence-corrected chi connectivity index (χ0v) is 14.7. The molecule has 0 aromatic rings. The number of carbonyl (C=O) groups is 1. The first kappa shape index (κ1) is 16.2. The van der Waals surface area contributed by atoms with Crippen molar-refractivity contribution in [2.45, 2.75) is 78.7 Å². The van der Waals surface area contributed by atoms with Crippen molar-refractivity contribution in [3.8, 4) is 0 Å². The maximum atomic E-state index is 11.9. The molecule has 6 atom stereocenters. The summed E-state index contributed by atoms with van der Waals surface area (Å²) in [6.07, 6.45) is 9.08. The molecule has 2 fully saturated rings. The van der Waals surface area contributed by atoms with E-state index in [1.807, 2.05) is 6.08 Å². The maximum Gasteiger partial charge on any atom is 0.155 e. The summed E-state index contributed by atoms with van der Waals surface area (Å²) in [4.78, 5) is 11.9. The van der Waals surface area contributed by atoms with Crippen LogP contribution in [-0.4, -0.2) is 17.0 Å². The Kier molecular flexibility index (Phi) is 4.04. The molecule has 1 N–H and O–H groups in total. The van der Waals surface area contributed by atoms with Gasteiger partial charge >= 0.3 is 0 Å². The first-order valence-corrected chi connectivity index (χ1v) is 9.25. The molecule has 0 aromatic heterocycles. The first-order valence-electron chi connectivity index (χ1n) is 9.25. The van der Waals surface area contributed by atoms with E-state index in [2.05, 4.69) is 27.7 Å². The van der Waals surface area contributed by atoms with Gasteiger partial charge in [-0.2, -0.15) is 0 Å². The molecule has 0 aliphatic heterocycles. The highest BCUT2D eigenvalue weighted by Crippen LogP contribution is 2.61. The van der Waals surface area contributed by atoms with Gasteiger partial charge in [-0.15, -0.1) is 0 Å². The van der Waals surface area contributed by atoms with Gasteiger partial charge in [0.1, 0.15) is 0 Å². The monoisotopic (exact) mass is 304 g/mol. The van der Waals surface area contributed by atoms with Crippen LogP contribution in [0.4, 0.5) is 0 Å². The Morgan fingerprint density at radius 3 is 2.59 bits per heavy atom. The third-order valence-corrected chi connectivity index (χ3v) is 7.78. The second kappa shape index (κ2) is 5.47. The van der Waals surface area contributed by atoms with E-state index in [4.69, 9.17) is 0 Å². The molecule has 0 radical (unpaired) electrons. The summed E-state index contributed by atoms with van der Waals surface area (Å²) in [5.74, 6) is 2.27. The van der Waals surface area contributed by atoms with Crippen LogP contribution >= 0.6 is 0 Å². The molecule has 0 amide bonds. The molecule has 0 heterocycles. The van der Waals surface area contributed by atoms with Crippen LogP contribution in [0.25, 0.3) is 0 Å². The average molecular weight is 304 g/mol. The number of aliphatic hydroxyl groups is 1. The summed E-state index contributed by atoms with van der Waals surface area (Å²) in [5, 5.41) is 10.4. The van der Waals surface area contributed by atoms with Crippen molar-refractivity contribution >= 4 is 5.78 Å².